The topological polar surface area (TPSA) is 9.23 Å². The molecule has 0 fully saturated rings. The maximum absolute atomic E-state index is 8.19. The van der Waals surface area contributed by atoms with Crippen molar-refractivity contribution in [2.75, 3.05) is 0 Å². The SMILES string of the molecule is [2H]c1c([2H])c([2H])c(OCc2c([2H])c([2H])c([2H])c([2H])c2C(C)(C)C)c([2H])c1[2H]. The smallest absolute Gasteiger partial charge is 0.119 e. The molecule has 2 rings (SSSR count). The number of ether oxygens (including phenoxy) is 1. The average Bonchev–Trinajstić information content (AvgIpc) is 2.59. The molecule has 0 saturated heterocycles. The highest BCUT2D eigenvalue weighted by Gasteiger charge is 2.17. The third kappa shape index (κ3) is 3.13. The van der Waals surface area contributed by atoms with Gasteiger partial charge in [0.1, 0.15) is 12.4 Å². The molecule has 0 bridgehead atoms. The van der Waals surface area contributed by atoms with Gasteiger partial charge in [-0.25, -0.2) is 0 Å². The molecule has 0 saturated carbocycles. The molecule has 0 unspecified atom stereocenters. The van der Waals surface area contributed by atoms with Crippen molar-refractivity contribution < 1.29 is 17.1 Å². The molecule has 0 atom stereocenters. The summed E-state index contributed by atoms with van der Waals surface area (Å²) in [4.78, 5) is 0. The first-order chi connectivity index (χ1) is 12.3. The van der Waals surface area contributed by atoms with E-state index in [2.05, 4.69) is 0 Å². The fourth-order valence-corrected chi connectivity index (χ4v) is 1.54. The number of para-hydroxylation sites is 1. The van der Waals surface area contributed by atoms with Gasteiger partial charge in [0.15, 0.2) is 0 Å². The van der Waals surface area contributed by atoms with Crippen LogP contribution >= 0.6 is 0 Å². The molecular formula is C17H20O. The summed E-state index contributed by atoms with van der Waals surface area (Å²) in [6.45, 7) is 5.06. The Morgan fingerprint density at radius 1 is 0.944 bits per heavy atom. The normalized spacial score (nSPS) is 18.3. The Bertz CT molecular complexity index is 887. The summed E-state index contributed by atoms with van der Waals surface area (Å²) >= 11 is 0. The lowest BCUT2D eigenvalue weighted by atomic mass is 9.84. The largest absolute Gasteiger partial charge is 0.489 e. The van der Waals surface area contributed by atoms with Crippen molar-refractivity contribution in [3.8, 4) is 5.75 Å². The number of rotatable bonds is 3. The number of benzene rings is 2. The first kappa shape index (κ1) is 5.48. The molecule has 2 aromatic carbocycles. The van der Waals surface area contributed by atoms with Crippen LogP contribution in [0.5, 0.6) is 5.75 Å². The Morgan fingerprint density at radius 3 is 2.22 bits per heavy atom. The lowest BCUT2D eigenvalue weighted by Gasteiger charge is -2.22. The highest BCUT2D eigenvalue weighted by Crippen LogP contribution is 2.26. The zero-order chi connectivity index (χ0) is 20.8. The van der Waals surface area contributed by atoms with Crippen LogP contribution in [0.1, 0.15) is 44.2 Å². The predicted octanol–water partition coefficient (Wildman–Crippen LogP) is 4.56. The molecule has 0 spiro atoms. The standard InChI is InChI=1S/C17H20O/c1-17(2,3)16-12-8-7-9-14(16)13-18-15-10-5-4-6-11-15/h4-12H,13H2,1-3H3/i4D,5D,6D,7D,8D,9D,10D,11D,12D. The van der Waals surface area contributed by atoms with Crippen LogP contribution in [0.3, 0.4) is 0 Å². The first-order valence-corrected chi connectivity index (χ1v) is 5.60. The van der Waals surface area contributed by atoms with E-state index in [1.54, 1.807) is 20.8 Å². The maximum atomic E-state index is 8.19. The molecule has 0 N–H and O–H groups in total. The van der Waals surface area contributed by atoms with E-state index in [-0.39, 0.29) is 36.0 Å². The third-order valence-electron chi connectivity index (χ3n) is 2.35. The third-order valence-corrected chi connectivity index (χ3v) is 2.35. The zero-order valence-corrected chi connectivity index (χ0v) is 10.6. The molecule has 1 nitrogen and oxygen atoms in total. The van der Waals surface area contributed by atoms with E-state index in [0.29, 0.717) is 5.56 Å². The molecule has 1 heteroatoms. The summed E-state index contributed by atoms with van der Waals surface area (Å²) in [7, 11) is 0. The van der Waals surface area contributed by atoms with Gasteiger partial charge in [-0.15, -0.1) is 0 Å². The van der Waals surface area contributed by atoms with E-state index in [4.69, 9.17) is 17.1 Å². The van der Waals surface area contributed by atoms with Gasteiger partial charge in [0.25, 0.3) is 0 Å². The number of hydrogen-bond acceptors (Lipinski definition) is 1. The van der Waals surface area contributed by atoms with Crippen LogP contribution in [0.4, 0.5) is 0 Å². The second-order valence-electron chi connectivity index (χ2n) is 4.85. The van der Waals surface area contributed by atoms with E-state index < -0.39 is 41.7 Å². The van der Waals surface area contributed by atoms with E-state index in [1.807, 2.05) is 0 Å². The minimum atomic E-state index is -0.616. The summed E-state index contributed by atoms with van der Waals surface area (Å²) in [6.07, 6.45) is 0. The highest BCUT2D eigenvalue weighted by atomic mass is 16.5. The molecule has 2 aromatic rings. The van der Waals surface area contributed by atoms with Crippen molar-refractivity contribution in [3.05, 3.63) is 65.5 Å². The van der Waals surface area contributed by atoms with Crippen molar-refractivity contribution in [2.45, 2.75) is 32.8 Å². The Balaban J connectivity index is 2.61. The summed E-state index contributed by atoms with van der Waals surface area (Å²) in [5.41, 5.74) is -0.0596. The van der Waals surface area contributed by atoms with Gasteiger partial charge in [0, 0.05) is 0 Å². The van der Waals surface area contributed by atoms with Crippen LogP contribution in [0.2, 0.25) is 0 Å². The molecular weight excluding hydrogens is 220 g/mol. The minimum Gasteiger partial charge on any atom is -0.489 e. The van der Waals surface area contributed by atoms with Crippen LogP contribution < -0.4 is 4.74 Å². The lowest BCUT2D eigenvalue weighted by Crippen LogP contribution is -2.15. The van der Waals surface area contributed by atoms with Gasteiger partial charge in [0.2, 0.25) is 0 Å². The molecule has 0 aliphatic heterocycles. The maximum Gasteiger partial charge on any atom is 0.119 e. The van der Waals surface area contributed by atoms with E-state index in [1.165, 1.54) is 0 Å². The van der Waals surface area contributed by atoms with Gasteiger partial charge in [-0.1, -0.05) is 63.1 Å². The van der Waals surface area contributed by atoms with Crippen LogP contribution in [-0.4, -0.2) is 0 Å². The van der Waals surface area contributed by atoms with E-state index in [9.17, 15) is 0 Å². The molecule has 0 aliphatic rings. The first-order valence-electron chi connectivity index (χ1n) is 10.1. The van der Waals surface area contributed by atoms with E-state index in [0.717, 1.165) is 0 Å². The molecule has 0 amide bonds. The molecule has 18 heavy (non-hydrogen) atoms. The van der Waals surface area contributed by atoms with Crippen LogP contribution in [0.15, 0.2) is 54.4 Å². The lowest BCUT2D eigenvalue weighted by molar-refractivity contribution is 0.303. The molecule has 0 aromatic heterocycles. The van der Waals surface area contributed by atoms with Gasteiger partial charge < -0.3 is 4.74 Å². The molecule has 0 heterocycles. The van der Waals surface area contributed by atoms with Crippen LogP contribution in [0.25, 0.3) is 0 Å². The van der Waals surface area contributed by atoms with Crippen molar-refractivity contribution in [1.29, 1.82) is 0 Å². The van der Waals surface area contributed by atoms with E-state index >= 15 is 0 Å². The van der Waals surface area contributed by atoms with Gasteiger partial charge in [-0.05, 0) is 28.6 Å². The minimum absolute atomic E-state index is 0.178. The van der Waals surface area contributed by atoms with Crippen molar-refractivity contribution in [1.82, 2.24) is 0 Å². The summed E-state index contributed by atoms with van der Waals surface area (Å²) in [5, 5.41) is 0. The van der Waals surface area contributed by atoms with Gasteiger partial charge in [0.05, 0.1) is 12.3 Å². The monoisotopic (exact) mass is 249 g/mol. The summed E-state index contributed by atoms with van der Waals surface area (Å²) in [5.74, 6) is -0.353. The Morgan fingerprint density at radius 2 is 1.56 bits per heavy atom. The van der Waals surface area contributed by atoms with Crippen LogP contribution in [-0.2, 0) is 12.0 Å². The van der Waals surface area contributed by atoms with Crippen LogP contribution in [0, 0.1) is 0 Å². The second kappa shape index (κ2) is 5.26. The molecule has 94 valence electrons. The molecule has 0 aliphatic carbocycles. The Hall–Kier alpha value is -1.76. The highest BCUT2D eigenvalue weighted by molar-refractivity contribution is 5.33. The van der Waals surface area contributed by atoms with Gasteiger partial charge in [-0.2, -0.15) is 0 Å². The average molecular weight is 249 g/mol. The Kier molecular flexibility index (Phi) is 1.60. The van der Waals surface area contributed by atoms with Crippen molar-refractivity contribution in [2.24, 2.45) is 0 Å². The zero-order valence-electron chi connectivity index (χ0n) is 19.6. The Labute approximate surface area is 122 Å². The fraction of sp³-hybridized carbons (Fsp3) is 0.294. The van der Waals surface area contributed by atoms with Crippen molar-refractivity contribution >= 4 is 0 Å². The van der Waals surface area contributed by atoms with Gasteiger partial charge in [-0.3, -0.25) is 0 Å². The quantitative estimate of drug-likeness (QED) is 0.774. The summed E-state index contributed by atoms with van der Waals surface area (Å²) in [6, 6.07) is -3.80. The summed E-state index contributed by atoms with van der Waals surface area (Å²) < 4.78 is 76.4. The number of hydrogen-bond donors (Lipinski definition) is 0. The predicted molar refractivity (Wildman–Crippen MR) is 75.9 cm³/mol. The fourth-order valence-electron chi connectivity index (χ4n) is 1.54. The second-order valence-corrected chi connectivity index (χ2v) is 4.85. The van der Waals surface area contributed by atoms with Crippen molar-refractivity contribution in [3.63, 3.8) is 0 Å². The molecule has 0 radical (unpaired) electrons. The van der Waals surface area contributed by atoms with Gasteiger partial charge >= 0.3 is 0 Å².